The van der Waals surface area contributed by atoms with Gasteiger partial charge in [-0.2, -0.15) is 29.0 Å². The number of alkyl halides is 3. The standard InChI is InChI=1S/C16H20F3N3O3/c1-9(2)22(24,25)21-13-4-3-11(16(17,18)19)5-12(13)14(23)20-15-6-10(7-15)8-15/h3-5,9-10,24-25H,6-8H2,1-2H3,(H-,20,21,23)/p+1. The molecule has 0 saturated heterocycles. The van der Waals surface area contributed by atoms with E-state index in [1.807, 2.05) is 0 Å². The molecule has 2 bridgehead atoms. The van der Waals surface area contributed by atoms with Crippen molar-refractivity contribution in [3.05, 3.63) is 29.3 Å². The van der Waals surface area contributed by atoms with Crippen molar-refractivity contribution in [1.29, 1.82) is 0 Å². The minimum absolute atomic E-state index is 0.0872. The molecule has 0 spiro atoms. The second-order valence-corrected chi connectivity index (χ2v) is 7.33. The Morgan fingerprint density at radius 1 is 1.28 bits per heavy atom. The van der Waals surface area contributed by atoms with E-state index in [4.69, 9.17) is 0 Å². The quantitative estimate of drug-likeness (QED) is 0.480. The van der Waals surface area contributed by atoms with Gasteiger partial charge in [-0.25, -0.2) is 0 Å². The summed E-state index contributed by atoms with van der Waals surface area (Å²) in [6.45, 7) is 3.00. The van der Waals surface area contributed by atoms with E-state index in [2.05, 4.69) is 10.7 Å². The minimum atomic E-state index is -4.60. The zero-order valence-electron chi connectivity index (χ0n) is 13.9. The van der Waals surface area contributed by atoms with Gasteiger partial charge in [-0.1, -0.05) is 0 Å². The fraction of sp³-hybridized carbons (Fsp3) is 0.562. The topological polar surface area (TPSA) is 81.6 Å². The fourth-order valence-corrected chi connectivity index (χ4v) is 3.25. The SMILES string of the molecule is CC(C)[N+](O)(O)Nc1ccc(C(F)(F)F)cc1C(=O)NC12CC(C1)C2. The lowest BCUT2D eigenvalue weighted by Gasteiger charge is -2.61. The van der Waals surface area contributed by atoms with Gasteiger partial charge in [0.1, 0.15) is 5.69 Å². The first kappa shape index (κ1) is 18.0. The van der Waals surface area contributed by atoms with E-state index in [1.54, 1.807) is 0 Å². The zero-order chi connectivity index (χ0) is 18.6. The molecule has 1 amide bonds. The summed E-state index contributed by atoms with van der Waals surface area (Å²) in [4.78, 5) is 10.9. The van der Waals surface area contributed by atoms with Gasteiger partial charge < -0.3 is 5.32 Å². The summed E-state index contributed by atoms with van der Waals surface area (Å²) >= 11 is 0. The van der Waals surface area contributed by atoms with Crippen LogP contribution in [0.5, 0.6) is 0 Å². The summed E-state index contributed by atoms with van der Waals surface area (Å²) in [5.41, 5.74) is 0.659. The predicted octanol–water partition coefficient (Wildman–Crippen LogP) is 3.32. The summed E-state index contributed by atoms with van der Waals surface area (Å²) in [7, 11) is 0. The van der Waals surface area contributed by atoms with E-state index in [0.29, 0.717) is 5.92 Å². The fourth-order valence-electron chi connectivity index (χ4n) is 3.25. The van der Waals surface area contributed by atoms with Crippen LogP contribution < -0.4 is 10.7 Å². The van der Waals surface area contributed by atoms with Gasteiger partial charge in [-0.05, 0) is 57.2 Å². The molecule has 9 heteroatoms. The molecule has 0 aliphatic heterocycles. The Hall–Kier alpha value is -1.84. The van der Waals surface area contributed by atoms with Gasteiger partial charge in [0.25, 0.3) is 5.91 Å². The Labute approximate surface area is 142 Å². The van der Waals surface area contributed by atoms with E-state index in [1.165, 1.54) is 13.8 Å². The second kappa shape index (κ2) is 5.58. The van der Waals surface area contributed by atoms with Crippen LogP contribution >= 0.6 is 0 Å². The first-order chi connectivity index (χ1) is 11.4. The molecular weight excluding hydrogens is 339 g/mol. The van der Waals surface area contributed by atoms with E-state index in [0.717, 1.165) is 37.5 Å². The van der Waals surface area contributed by atoms with Gasteiger partial charge in [0, 0.05) is 10.5 Å². The number of halogens is 3. The molecule has 3 saturated carbocycles. The van der Waals surface area contributed by atoms with Crippen molar-refractivity contribution < 1.29 is 33.3 Å². The van der Waals surface area contributed by atoms with Crippen LogP contribution in [-0.4, -0.2) is 32.8 Å². The lowest BCUT2D eigenvalue weighted by atomic mass is 9.50. The molecule has 3 fully saturated rings. The van der Waals surface area contributed by atoms with Crippen molar-refractivity contribution in [1.82, 2.24) is 5.32 Å². The maximum absolute atomic E-state index is 13.0. The normalized spacial score (nSPS) is 25.2. The predicted molar refractivity (Wildman–Crippen MR) is 81.6 cm³/mol. The number of hydrogen-bond acceptors (Lipinski definition) is 4. The molecule has 4 N–H and O–H groups in total. The number of anilines is 1. The van der Waals surface area contributed by atoms with Gasteiger partial charge in [0.2, 0.25) is 0 Å². The number of carbonyl (C=O) groups excluding carboxylic acids is 1. The maximum Gasteiger partial charge on any atom is 0.416 e. The van der Waals surface area contributed by atoms with Crippen LogP contribution in [0, 0.1) is 5.92 Å². The number of nitrogens with one attached hydrogen (secondary N) is 2. The van der Waals surface area contributed by atoms with Gasteiger partial charge in [0.05, 0.1) is 11.1 Å². The first-order valence-electron chi connectivity index (χ1n) is 8.08. The number of amides is 1. The molecule has 0 radical (unpaired) electrons. The Morgan fingerprint density at radius 2 is 1.88 bits per heavy atom. The molecule has 0 aromatic heterocycles. The monoisotopic (exact) mass is 360 g/mol. The molecule has 138 valence electrons. The highest BCUT2D eigenvalue weighted by atomic mass is 19.4. The van der Waals surface area contributed by atoms with Crippen LogP contribution in [0.25, 0.3) is 0 Å². The average molecular weight is 360 g/mol. The van der Waals surface area contributed by atoms with Crippen LogP contribution in [-0.2, 0) is 6.18 Å². The van der Waals surface area contributed by atoms with Crippen LogP contribution in [0.2, 0.25) is 0 Å². The van der Waals surface area contributed by atoms with Crippen molar-refractivity contribution in [2.45, 2.75) is 50.9 Å². The molecule has 3 aliphatic rings. The number of hydroxylamine groups is 2. The summed E-state index contributed by atoms with van der Waals surface area (Å²) in [5, 5.41) is 22.6. The molecule has 0 unspecified atom stereocenters. The molecule has 3 aliphatic carbocycles. The van der Waals surface area contributed by atoms with Crippen molar-refractivity contribution in [3.8, 4) is 0 Å². The smallest absolute Gasteiger partial charge is 0.347 e. The number of carbonyl (C=O) groups is 1. The third-order valence-electron chi connectivity index (χ3n) is 5.01. The summed E-state index contributed by atoms with van der Waals surface area (Å²) in [6.07, 6.45) is -2.09. The summed E-state index contributed by atoms with van der Waals surface area (Å²) in [5.74, 6) is -0.0601. The van der Waals surface area contributed by atoms with Crippen molar-refractivity contribution in [2.24, 2.45) is 5.92 Å². The third kappa shape index (κ3) is 3.31. The molecular formula is C16H21F3N3O3+. The molecule has 4 rings (SSSR count). The Bertz CT molecular complexity index is 687. The largest absolute Gasteiger partial charge is 0.416 e. The highest BCUT2D eigenvalue weighted by Crippen LogP contribution is 2.57. The van der Waals surface area contributed by atoms with E-state index >= 15 is 0 Å². The maximum atomic E-state index is 13.0. The van der Waals surface area contributed by atoms with Crippen molar-refractivity contribution in [2.75, 3.05) is 5.43 Å². The van der Waals surface area contributed by atoms with Gasteiger partial charge >= 0.3 is 6.18 Å². The molecule has 25 heavy (non-hydrogen) atoms. The van der Waals surface area contributed by atoms with E-state index in [9.17, 15) is 28.4 Å². The van der Waals surface area contributed by atoms with Crippen molar-refractivity contribution >= 4 is 11.6 Å². The number of quaternary nitrogens is 1. The highest BCUT2D eigenvalue weighted by Gasteiger charge is 2.57. The molecule has 0 atom stereocenters. The number of hydrogen-bond donors (Lipinski definition) is 4. The van der Waals surface area contributed by atoms with E-state index in [-0.39, 0.29) is 16.8 Å². The first-order valence-corrected chi connectivity index (χ1v) is 8.08. The van der Waals surface area contributed by atoms with E-state index < -0.39 is 28.6 Å². The molecule has 0 heterocycles. The van der Waals surface area contributed by atoms with Crippen LogP contribution in [0.15, 0.2) is 18.2 Å². The number of nitrogens with zero attached hydrogens (tertiary/aromatic N) is 1. The zero-order valence-corrected chi connectivity index (χ0v) is 13.9. The molecule has 1 aromatic rings. The number of benzene rings is 1. The van der Waals surface area contributed by atoms with Crippen LogP contribution in [0.1, 0.15) is 49.0 Å². The molecule has 6 nitrogen and oxygen atoms in total. The third-order valence-corrected chi connectivity index (χ3v) is 5.01. The number of rotatable bonds is 5. The minimum Gasteiger partial charge on any atom is -0.347 e. The van der Waals surface area contributed by atoms with Gasteiger partial charge in [-0.15, -0.1) is 0 Å². The van der Waals surface area contributed by atoms with Gasteiger partial charge in [0.15, 0.2) is 6.04 Å². The average Bonchev–Trinajstić information content (AvgIpc) is 2.39. The Balaban J connectivity index is 1.91. The van der Waals surface area contributed by atoms with Gasteiger partial charge in [-0.3, -0.25) is 4.79 Å². The second-order valence-electron chi connectivity index (χ2n) is 7.33. The summed E-state index contributed by atoms with van der Waals surface area (Å²) in [6, 6.07) is 1.83. The Kier molecular flexibility index (Phi) is 4.01. The van der Waals surface area contributed by atoms with Crippen molar-refractivity contribution in [3.63, 3.8) is 0 Å². The van der Waals surface area contributed by atoms with Crippen LogP contribution in [0.3, 0.4) is 0 Å². The lowest BCUT2D eigenvalue weighted by molar-refractivity contribution is -1.24. The van der Waals surface area contributed by atoms with Crippen LogP contribution in [0.4, 0.5) is 18.9 Å². The summed E-state index contributed by atoms with van der Waals surface area (Å²) < 4.78 is 39.0. The molecule has 1 aromatic carbocycles. The Morgan fingerprint density at radius 3 is 2.32 bits per heavy atom. The highest BCUT2D eigenvalue weighted by molar-refractivity contribution is 6.00. The lowest BCUT2D eigenvalue weighted by Crippen LogP contribution is -2.68.